The van der Waals surface area contributed by atoms with Gasteiger partial charge in [-0.3, -0.25) is 0 Å². The van der Waals surface area contributed by atoms with Gasteiger partial charge in [0.25, 0.3) is 0 Å². The molecule has 0 N–H and O–H groups in total. The SMILES string of the molecule is N#Cc1ccc(C2Cc3cc(C(F)(F)F)ccc3O2)s1. The first-order chi connectivity index (χ1) is 9.47. The molecule has 0 fully saturated rings. The number of hydrogen-bond donors (Lipinski definition) is 0. The Morgan fingerprint density at radius 3 is 2.70 bits per heavy atom. The first-order valence-corrected chi connectivity index (χ1v) is 6.65. The zero-order valence-corrected chi connectivity index (χ0v) is 10.9. The molecule has 102 valence electrons. The van der Waals surface area contributed by atoms with E-state index in [2.05, 4.69) is 0 Å². The largest absolute Gasteiger partial charge is 0.484 e. The second-order valence-corrected chi connectivity index (χ2v) is 5.56. The third kappa shape index (κ3) is 2.25. The standard InChI is InChI=1S/C14H8F3NOS/c15-14(16,17)9-1-3-11-8(5-9)6-12(19-11)13-4-2-10(7-18)20-13/h1-5,12H,6H2. The van der Waals surface area contributed by atoms with Crippen LogP contribution in [0.15, 0.2) is 30.3 Å². The number of benzene rings is 1. The fourth-order valence-electron chi connectivity index (χ4n) is 2.17. The van der Waals surface area contributed by atoms with Crippen LogP contribution in [0.1, 0.15) is 27.0 Å². The van der Waals surface area contributed by atoms with Crippen LogP contribution in [0.4, 0.5) is 13.2 Å². The van der Waals surface area contributed by atoms with E-state index in [1.54, 1.807) is 12.1 Å². The van der Waals surface area contributed by atoms with Crippen LogP contribution in [-0.4, -0.2) is 0 Å². The fourth-order valence-corrected chi connectivity index (χ4v) is 3.00. The molecule has 1 aliphatic rings. The zero-order chi connectivity index (χ0) is 14.3. The molecular weight excluding hydrogens is 287 g/mol. The molecule has 2 aromatic rings. The number of fused-ring (bicyclic) bond motifs is 1. The molecule has 0 saturated heterocycles. The van der Waals surface area contributed by atoms with Crippen molar-refractivity contribution in [1.29, 1.82) is 5.26 Å². The van der Waals surface area contributed by atoms with Crippen molar-refractivity contribution in [3.05, 3.63) is 51.2 Å². The Hall–Kier alpha value is -2.00. The van der Waals surface area contributed by atoms with E-state index in [0.29, 0.717) is 22.6 Å². The van der Waals surface area contributed by atoms with Gasteiger partial charge in [-0.25, -0.2) is 0 Å². The molecule has 2 heterocycles. The van der Waals surface area contributed by atoms with Gasteiger partial charge in [-0.05, 0) is 35.9 Å². The maximum absolute atomic E-state index is 12.7. The summed E-state index contributed by atoms with van der Waals surface area (Å²) in [6.45, 7) is 0. The molecule has 2 nitrogen and oxygen atoms in total. The van der Waals surface area contributed by atoms with Gasteiger partial charge >= 0.3 is 6.18 Å². The Labute approximate surface area is 117 Å². The van der Waals surface area contributed by atoms with E-state index in [-0.39, 0.29) is 6.10 Å². The molecule has 0 bridgehead atoms. The molecular formula is C14H8F3NOS. The van der Waals surface area contributed by atoms with E-state index in [9.17, 15) is 13.2 Å². The Bertz CT molecular complexity index is 699. The van der Waals surface area contributed by atoms with Crippen LogP contribution in [0.3, 0.4) is 0 Å². The van der Waals surface area contributed by atoms with E-state index >= 15 is 0 Å². The summed E-state index contributed by atoms with van der Waals surface area (Å²) in [6, 6.07) is 9.02. The molecule has 0 saturated carbocycles. The van der Waals surface area contributed by atoms with Crippen molar-refractivity contribution in [3.63, 3.8) is 0 Å². The van der Waals surface area contributed by atoms with Gasteiger partial charge in [-0.15, -0.1) is 11.3 Å². The predicted molar refractivity (Wildman–Crippen MR) is 67.6 cm³/mol. The Morgan fingerprint density at radius 1 is 1.25 bits per heavy atom. The number of ether oxygens (including phenoxy) is 1. The summed E-state index contributed by atoms with van der Waals surface area (Å²) >= 11 is 1.30. The van der Waals surface area contributed by atoms with Gasteiger partial charge in [0.2, 0.25) is 0 Å². The van der Waals surface area contributed by atoms with Crippen molar-refractivity contribution in [2.24, 2.45) is 0 Å². The lowest BCUT2D eigenvalue weighted by atomic mass is 10.1. The Kier molecular flexibility index (Phi) is 2.94. The summed E-state index contributed by atoms with van der Waals surface area (Å²) in [5, 5.41) is 8.79. The Balaban J connectivity index is 1.87. The van der Waals surface area contributed by atoms with Crippen LogP contribution >= 0.6 is 11.3 Å². The van der Waals surface area contributed by atoms with Crippen molar-refractivity contribution in [1.82, 2.24) is 0 Å². The first-order valence-electron chi connectivity index (χ1n) is 5.84. The summed E-state index contributed by atoms with van der Waals surface area (Å²) < 4.78 is 43.6. The molecule has 1 atom stereocenters. The summed E-state index contributed by atoms with van der Waals surface area (Å²) in [5.74, 6) is 0.481. The van der Waals surface area contributed by atoms with Crippen molar-refractivity contribution in [2.45, 2.75) is 18.7 Å². The molecule has 1 aromatic heterocycles. The maximum atomic E-state index is 12.7. The third-order valence-electron chi connectivity index (χ3n) is 3.12. The van der Waals surface area contributed by atoms with Gasteiger partial charge in [-0.1, -0.05) is 0 Å². The van der Waals surface area contributed by atoms with Crippen LogP contribution in [0.25, 0.3) is 0 Å². The number of nitrogens with zero attached hydrogens (tertiary/aromatic N) is 1. The van der Waals surface area contributed by atoms with Gasteiger partial charge in [0.1, 0.15) is 22.8 Å². The topological polar surface area (TPSA) is 33.0 Å². The van der Waals surface area contributed by atoms with Crippen LogP contribution in [0, 0.1) is 11.3 Å². The minimum absolute atomic E-state index is 0.305. The molecule has 3 rings (SSSR count). The van der Waals surface area contributed by atoms with Crippen molar-refractivity contribution >= 4 is 11.3 Å². The van der Waals surface area contributed by atoms with Gasteiger partial charge in [-0.2, -0.15) is 18.4 Å². The van der Waals surface area contributed by atoms with Crippen LogP contribution < -0.4 is 4.74 Å². The highest BCUT2D eigenvalue weighted by atomic mass is 32.1. The molecule has 1 aliphatic heterocycles. The van der Waals surface area contributed by atoms with E-state index in [1.807, 2.05) is 6.07 Å². The molecule has 0 aliphatic carbocycles. The van der Waals surface area contributed by atoms with Crippen molar-refractivity contribution < 1.29 is 17.9 Å². The zero-order valence-electron chi connectivity index (χ0n) is 10.1. The van der Waals surface area contributed by atoms with E-state index in [0.717, 1.165) is 17.0 Å². The number of hydrogen-bond acceptors (Lipinski definition) is 3. The highest BCUT2D eigenvalue weighted by Crippen LogP contribution is 2.41. The highest BCUT2D eigenvalue weighted by molar-refractivity contribution is 7.12. The van der Waals surface area contributed by atoms with Crippen LogP contribution in [0.5, 0.6) is 5.75 Å². The predicted octanol–water partition coefficient (Wildman–Crippen LogP) is 4.31. The van der Waals surface area contributed by atoms with Gasteiger partial charge in [0.05, 0.1) is 5.56 Å². The number of rotatable bonds is 1. The number of nitriles is 1. The number of thiophene rings is 1. The van der Waals surface area contributed by atoms with Crippen molar-refractivity contribution in [3.8, 4) is 11.8 Å². The normalized spacial score (nSPS) is 17.4. The van der Waals surface area contributed by atoms with Crippen molar-refractivity contribution in [2.75, 3.05) is 0 Å². The second kappa shape index (κ2) is 4.53. The monoisotopic (exact) mass is 295 g/mol. The average Bonchev–Trinajstić information content (AvgIpc) is 3.02. The van der Waals surface area contributed by atoms with Gasteiger partial charge in [0.15, 0.2) is 0 Å². The average molecular weight is 295 g/mol. The summed E-state index contributed by atoms with van der Waals surface area (Å²) in [6.07, 6.45) is -4.25. The van der Waals surface area contributed by atoms with Crippen LogP contribution in [0.2, 0.25) is 0 Å². The van der Waals surface area contributed by atoms with E-state index < -0.39 is 11.7 Å². The fraction of sp³-hybridized carbons (Fsp3) is 0.214. The van der Waals surface area contributed by atoms with Gasteiger partial charge in [0, 0.05) is 11.3 Å². The number of alkyl halides is 3. The molecule has 20 heavy (non-hydrogen) atoms. The first kappa shape index (κ1) is 13.0. The lowest BCUT2D eigenvalue weighted by molar-refractivity contribution is -0.137. The molecule has 0 spiro atoms. The molecule has 0 amide bonds. The highest BCUT2D eigenvalue weighted by Gasteiger charge is 2.33. The van der Waals surface area contributed by atoms with Gasteiger partial charge < -0.3 is 4.74 Å². The maximum Gasteiger partial charge on any atom is 0.416 e. The van der Waals surface area contributed by atoms with E-state index in [1.165, 1.54) is 17.4 Å². The summed E-state index contributed by atoms with van der Waals surface area (Å²) in [7, 11) is 0. The smallest absolute Gasteiger partial charge is 0.416 e. The van der Waals surface area contributed by atoms with E-state index in [4.69, 9.17) is 10.00 Å². The minimum atomic E-state index is -4.34. The lowest BCUT2D eigenvalue weighted by Gasteiger charge is -2.08. The minimum Gasteiger partial charge on any atom is -0.484 e. The summed E-state index contributed by atoms with van der Waals surface area (Å²) in [5.41, 5.74) is -0.110. The molecule has 1 unspecified atom stereocenters. The summed E-state index contributed by atoms with van der Waals surface area (Å²) in [4.78, 5) is 1.42. The molecule has 1 aromatic carbocycles. The lowest BCUT2D eigenvalue weighted by Crippen LogP contribution is -2.04. The second-order valence-electron chi connectivity index (χ2n) is 4.44. The molecule has 0 radical (unpaired) electrons. The third-order valence-corrected chi connectivity index (χ3v) is 4.20. The van der Waals surface area contributed by atoms with Crippen LogP contribution in [-0.2, 0) is 12.6 Å². The number of halogens is 3. The Morgan fingerprint density at radius 2 is 2.05 bits per heavy atom. The quantitative estimate of drug-likeness (QED) is 0.785. The molecule has 6 heteroatoms.